The molecule has 0 bridgehead atoms. The Morgan fingerprint density at radius 2 is 2.09 bits per heavy atom. The van der Waals surface area contributed by atoms with E-state index in [1.54, 1.807) is 0 Å². The second kappa shape index (κ2) is 5.09. The average Bonchev–Trinajstić information content (AvgIpc) is 2.90. The number of anilines is 1. The summed E-state index contributed by atoms with van der Waals surface area (Å²) < 4.78 is 44.8. The van der Waals surface area contributed by atoms with Crippen molar-refractivity contribution >= 4 is 11.4 Å². The maximum atomic E-state index is 13.0. The lowest BCUT2D eigenvalue weighted by Crippen LogP contribution is -2.63. The molecule has 0 aromatic heterocycles. The van der Waals surface area contributed by atoms with Crippen molar-refractivity contribution in [2.75, 3.05) is 11.9 Å². The van der Waals surface area contributed by atoms with Crippen LogP contribution in [0.25, 0.3) is 0 Å². The third kappa shape index (κ3) is 2.54. The van der Waals surface area contributed by atoms with E-state index in [2.05, 4.69) is 5.32 Å². The van der Waals surface area contributed by atoms with Gasteiger partial charge in [-0.05, 0) is 18.6 Å². The van der Waals surface area contributed by atoms with E-state index in [1.165, 1.54) is 6.07 Å². The molecular weight excluding hydrogens is 313 g/mol. The van der Waals surface area contributed by atoms with E-state index in [-0.39, 0.29) is 29.2 Å². The third-order valence-electron chi connectivity index (χ3n) is 4.92. The minimum atomic E-state index is -4.77. The molecule has 1 N–H and O–H groups in total. The Morgan fingerprint density at radius 3 is 2.70 bits per heavy atom. The molecule has 1 aliphatic heterocycles. The maximum Gasteiger partial charge on any atom is 0.423 e. The Kier molecular flexibility index (Phi) is 3.55. The number of nitrogens with zero attached hydrogens (tertiary/aromatic N) is 1. The second-order valence-corrected chi connectivity index (χ2v) is 6.67. The van der Waals surface area contributed by atoms with Crippen LogP contribution in [-0.2, 0) is 10.9 Å². The monoisotopic (exact) mass is 330 g/mol. The molecule has 5 nitrogen and oxygen atoms in total. The fourth-order valence-electron chi connectivity index (χ4n) is 3.81. The number of hydrogen-bond donors (Lipinski definition) is 1. The van der Waals surface area contributed by atoms with Gasteiger partial charge < -0.3 is 10.1 Å². The molecule has 0 radical (unpaired) electrons. The van der Waals surface area contributed by atoms with Crippen molar-refractivity contribution in [2.45, 2.75) is 38.6 Å². The zero-order valence-electron chi connectivity index (χ0n) is 12.7. The number of hydrogen-bond acceptors (Lipinski definition) is 4. The van der Waals surface area contributed by atoms with Crippen LogP contribution in [0.15, 0.2) is 18.2 Å². The molecule has 1 heterocycles. The lowest BCUT2D eigenvalue weighted by molar-refractivity contribution is -0.388. The molecule has 2 fully saturated rings. The van der Waals surface area contributed by atoms with Gasteiger partial charge in [0, 0.05) is 35.7 Å². The van der Waals surface area contributed by atoms with Gasteiger partial charge in [0.1, 0.15) is 5.56 Å². The van der Waals surface area contributed by atoms with Crippen LogP contribution in [0.5, 0.6) is 0 Å². The van der Waals surface area contributed by atoms with Crippen LogP contribution < -0.4 is 5.32 Å². The van der Waals surface area contributed by atoms with E-state index in [0.717, 1.165) is 18.6 Å². The van der Waals surface area contributed by atoms with Gasteiger partial charge in [0.25, 0.3) is 5.69 Å². The number of rotatable bonds is 3. The minimum absolute atomic E-state index is 0.0162. The summed E-state index contributed by atoms with van der Waals surface area (Å²) in [6.07, 6.45) is -3.79. The quantitative estimate of drug-likeness (QED) is 0.675. The third-order valence-corrected chi connectivity index (χ3v) is 4.92. The number of benzene rings is 1. The smallest absolute Gasteiger partial charge is 0.381 e. The van der Waals surface area contributed by atoms with E-state index >= 15 is 0 Å². The Morgan fingerprint density at radius 1 is 1.39 bits per heavy atom. The SMILES string of the molecule is CC1(C)[C@H](Nc2ccc([N+](=O)[O-])c(C(F)(F)F)c2)[C@H]2CCO[C@H]21. The molecule has 0 spiro atoms. The van der Waals surface area contributed by atoms with E-state index in [9.17, 15) is 23.3 Å². The first-order valence-electron chi connectivity index (χ1n) is 7.36. The summed E-state index contributed by atoms with van der Waals surface area (Å²) in [6.45, 7) is 4.67. The summed E-state index contributed by atoms with van der Waals surface area (Å²) in [7, 11) is 0. The Labute approximate surface area is 131 Å². The summed E-state index contributed by atoms with van der Waals surface area (Å²) in [6, 6.07) is 3.03. The first-order chi connectivity index (χ1) is 10.6. The second-order valence-electron chi connectivity index (χ2n) is 6.67. The number of nitro benzene ring substituents is 1. The Hall–Kier alpha value is -1.83. The molecule has 0 unspecified atom stereocenters. The Balaban J connectivity index is 1.88. The molecule has 126 valence electrons. The Bertz CT molecular complexity index is 645. The molecule has 0 amide bonds. The van der Waals surface area contributed by atoms with Crippen LogP contribution in [0.4, 0.5) is 24.5 Å². The van der Waals surface area contributed by atoms with Gasteiger partial charge in [0.15, 0.2) is 0 Å². The summed E-state index contributed by atoms with van der Waals surface area (Å²) in [4.78, 5) is 9.78. The van der Waals surface area contributed by atoms with Gasteiger partial charge in [-0.15, -0.1) is 0 Å². The number of fused-ring (bicyclic) bond motifs is 1. The average molecular weight is 330 g/mol. The van der Waals surface area contributed by atoms with Crippen LogP contribution in [0, 0.1) is 21.4 Å². The molecule has 3 rings (SSSR count). The molecule has 2 aliphatic rings. The molecule has 8 heteroatoms. The predicted molar refractivity (Wildman–Crippen MR) is 77.1 cm³/mol. The number of ether oxygens (including phenoxy) is 1. The van der Waals surface area contributed by atoms with Crippen molar-refractivity contribution in [3.8, 4) is 0 Å². The lowest BCUT2D eigenvalue weighted by Gasteiger charge is -2.55. The van der Waals surface area contributed by atoms with Crippen molar-refractivity contribution < 1.29 is 22.8 Å². The van der Waals surface area contributed by atoms with Crippen molar-refractivity contribution in [2.24, 2.45) is 11.3 Å². The number of halogens is 3. The van der Waals surface area contributed by atoms with Gasteiger partial charge in [0.05, 0.1) is 11.0 Å². The summed E-state index contributed by atoms with van der Waals surface area (Å²) in [5.74, 6) is 0.259. The van der Waals surface area contributed by atoms with Gasteiger partial charge in [-0.25, -0.2) is 0 Å². The maximum absolute atomic E-state index is 13.0. The first kappa shape index (κ1) is 16.0. The largest absolute Gasteiger partial charge is 0.423 e. The highest BCUT2D eigenvalue weighted by Crippen LogP contribution is 2.53. The fourth-order valence-corrected chi connectivity index (χ4v) is 3.81. The molecule has 1 aromatic carbocycles. The topological polar surface area (TPSA) is 64.4 Å². The van der Waals surface area contributed by atoms with Crippen molar-refractivity contribution in [1.29, 1.82) is 0 Å². The van der Waals surface area contributed by atoms with Crippen LogP contribution in [-0.4, -0.2) is 23.7 Å². The minimum Gasteiger partial charge on any atom is -0.381 e. The van der Waals surface area contributed by atoms with Gasteiger partial charge in [0.2, 0.25) is 0 Å². The highest BCUT2D eigenvalue weighted by molar-refractivity contribution is 5.56. The van der Waals surface area contributed by atoms with Gasteiger partial charge in [-0.1, -0.05) is 13.8 Å². The molecule has 23 heavy (non-hydrogen) atoms. The lowest BCUT2D eigenvalue weighted by atomic mass is 9.57. The summed E-state index contributed by atoms with van der Waals surface area (Å²) in [5.41, 5.74) is -2.12. The molecule has 1 aromatic rings. The van der Waals surface area contributed by atoms with E-state index in [1.807, 2.05) is 13.8 Å². The van der Waals surface area contributed by atoms with E-state index in [0.29, 0.717) is 6.61 Å². The number of nitro groups is 1. The molecule has 1 saturated heterocycles. The zero-order valence-corrected chi connectivity index (χ0v) is 12.7. The summed E-state index contributed by atoms with van der Waals surface area (Å²) in [5, 5.41) is 13.9. The van der Waals surface area contributed by atoms with E-state index < -0.39 is 22.4 Å². The normalized spacial score (nSPS) is 28.8. The first-order valence-corrected chi connectivity index (χ1v) is 7.36. The van der Waals surface area contributed by atoms with Crippen molar-refractivity contribution in [3.05, 3.63) is 33.9 Å². The van der Waals surface area contributed by atoms with Crippen molar-refractivity contribution in [3.63, 3.8) is 0 Å². The van der Waals surface area contributed by atoms with Gasteiger partial charge in [-0.2, -0.15) is 13.2 Å². The summed E-state index contributed by atoms with van der Waals surface area (Å²) >= 11 is 0. The highest BCUT2D eigenvalue weighted by atomic mass is 19.4. The van der Waals surface area contributed by atoms with Crippen LogP contribution in [0.2, 0.25) is 0 Å². The van der Waals surface area contributed by atoms with Crippen LogP contribution in [0.1, 0.15) is 25.8 Å². The van der Waals surface area contributed by atoms with Crippen molar-refractivity contribution in [1.82, 2.24) is 0 Å². The molecule has 1 aliphatic carbocycles. The van der Waals surface area contributed by atoms with Crippen LogP contribution >= 0.6 is 0 Å². The predicted octanol–water partition coefficient (Wildman–Crippen LogP) is 3.84. The van der Waals surface area contributed by atoms with Gasteiger partial charge >= 0.3 is 6.18 Å². The van der Waals surface area contributed by atoms with E-state index in [4.69, 9.17) is 4.74 Å². The van der Waals surface area contributed by atoms with Gasteiger partial charge in [-0.3, -0.25) is 10.1 Å². The zero-order chi connectivity index (χ0) is 17.0. The molecule has 1 saturated carbocycles. The molecule has 3 atom stereocenters. The number of alkyl halides is 3. The highest BCUT2D eigenvalue weighted by Gasteiger charge is 2.59. The molecular formula is C15H17F3N2O3. The fraction of sp³-hybridized carbons (Fsp3) is 0.600. The number of nitrogens with one attached hydrogen (secondary N) is 1. The van der Waals surface area contributed by atoms with Crippen LogP contribution in [0.3, 0.4) is 0 Å². The standard InChI is InChI=1S/C15H17F3N2O3/c1-14(2)12(9-5-6-23-13(9)14)19-8-3-4-11(20(21)22)10(7-8)15(16,17)18/h3-4,7,9,12-13,19H,5-6H2,1-2H3/t9-,12-,13-/m1/s1.